The van der Waals surface area contributed by atoms with Gasteiger partial charge >= 0.3 is 0 Å². The summed E-state index contributed by atoms with van der Waals surface area (Å²) in [6, 6.07) is 23.1. The highest BCUT2D eigenvalue weighted by Crippen LogP contribution is 2.37. The molecule has 0 N–H and O–H groups in total. The Morgan fingerprint density at radius 1 is 0.667 bits per heavy atom. The van der Waals surface area contributed by atoms with Crippen molar-refractivity contribution in [3.8, 4) is 22.3 Å². The van der Waals surface area contributed by atoms with Crippen LogP contribution in [0.4, 0.5) is 0 Å². The molecule has 0 saturated carbocycles. The molecule has 27 heavy (non-hydrogen) atoms. The van der Waals surface area contributed by atoms with Gasteiger partial charge in [0.2, 0.25) is 0 Å². The van der Waals surface area contributed by atoms with Crippen LogP contribution in [-0.2, 0) is 18.7 Å². The van der Waals surface area contributed by atoms with Gasteiger partial charge in [0.15, 0.2) is 0 Å². The zero-order valence-electron chi connectivity index (χ0n) is 15.6. The number of fused-ring (bicyclic) bond motifs is 1. The van der Waals surface area contributed by atoms with Crippen LogP contribution in [-0.4, -0.2) is 6.16 Å². The Balaban J connectivity index is 1.64. The maximum Gasteiger partial charge on any atom is -0.0121 e. The Bertz CT molecular complexity index is 922. The minimum Gasteiger partial charge on any atom is -0.137 e. The third-order valence-electron chi connectivity index (χ3n) is 5.71. The van der Waals surface area contributed by atoms with E-state index in [2.05, 4.69) is 88.4 Å². The Morgan fingerprint density at radius 2 is 1.26 bits per heavy atom. The lowest BCUT2D eigenvalue weighted by molar-refractivity contribution is 0.757. The van der Waals surface area contributed by atoms with Gasteiger partial charge in [0, 0.05) is 0 Å². The van der Waals surface area contributed by atoms with Crippen LogP contribution in [0, 0.1) is 0 Å². The maximum absolute atomic E-state index is 2.91. The molecule has 3 aromatic rings. The molecule has 1 aliphatic rings. The number of aryl methyl sites for hydroxylation is 1. The van der Waals surface area contributed by atoms with Gasteiger partial charge in [-0.25, -0.2) is 0 Å². The van der Waals surface area contributed by atoms with Gasteiger partial charge < -0.3 is 0 Å². The Labute approximate surface area is 170 Å². The van der Waals surface area contributed by atoms with Gasteiger partial charge in [0.05, 0.1) is 0 Å². The average molecular weight is 408 g/mol. The molecule has 138 valence electrons. The fraction of sp³-hybridized carbons (Fsp3) is 0.250. The molecule has 0 aliphatic heterocycles. The first-order chi connectivity index (χ1) is 13.2. The van der Waals surface area contributed by atoms with E-state index in [0.29, 0.717) is 0 Å². The summed E-state index contributed by atoms with van der Waals surface area (Å²) in [5.41, 5.74) is 11.1. The molecule has 3 aromatic carbocycles. The van der Waals surface area contributed by atoms with Crippen molar-refractivity contribution in [3.63, 3.8) is 0 Å². The predicted octanol–water partition coefficient (Wildman–Crippen LogP) is 6.68. The van der Waals surface area contributed by atoms with Crippen molar-refractivity contribution >= 4 is 27.7 Å². The van der Waals surface area contributed by atoms with Crippen molar-refractivity contribution in [2.24, 2.45) is 0 Å². The van der Waals surface area contributed by atoms with E-state index in [-0.39, 0.29) is 0 Å². The van der Waals surface area contributed by atoms with Gasteiger partial charge in [-0.15, -0.1) is 27.7 Å². The van der Waals surface area contributed by atoms with Crippen LogP contribution in [0.1, 0.15) is 34.6 Å². The van der Waals surface area contributed by atoms with E-state index >= 15 is 0 Å². The van der Waals surface area contributed by atoms with Crippen LogP contribution in [0.25, 0.3) is 22.3 Å². The van der Waals surface area contributed by atoms with Crippen molar-refractivity contribution < 1.29 is 0 Å². The Hall–Kier alpha value is -1.05. The third kappa shape index (κ3) is 4.05. The molecule has 0 aromatic heterocycles. The minimum absolute atomic E-state index is 0.733. The smallest absolute Gasteiger partial charge is 0.0121 e. The SMILES string of the molecule is PCc1cc(CP)cc(-c2ccc(-c3ccc4c(c3)CCC4CP)cc2)c1. The van der Waals surface area contributed by atoms with E-state index in [0.717, 1.165) is 18.2 Å². The van der Waals surface area contributed by atoms with Crippen LogP contribution < -0.4 is 0 Å². The van der Waals surface area contributed by atoms with E-state index < -0.39 is 0 Å². The fourth-order valence-electron chi connectivity index (χ4n) is 4.15. The summed E-state index contributed by atoms with van der Waals surface area (Å²) >= 11 is 0. The molecule has 1 aliphatic carbocycles. The lowest BCUT2D eigenvalue weighted by atomic mass is 9.95. The number of benzene rings is 3. The summed E-state index contributed by atoms with van der Waals surface area (Å²) in [5, 5.41) is 0. The van der Waals surface area contributed by atoms with Crippen LogP contribution >= 0.6 is 27.7 Å². The molecule has 0 amide bonds. The molecule has 4 atom stereocenters. The molecule has 0 heterocycles. The van der Waals surface area contributed by atoms with E-state index in [1.165, 1.54) is 52.4 Å². The summed E-state index contributed by atoms with van der Waals surface area (Å²) in [7, 11) is 8.58. The first kappa shape index (κ1) is 19.3. The highest BCUT2D eigenvalue weighted by molar-refractivity contribution is 7.16. The normalized spacial score (nSPS) is 15.7. The average Bonchev–Trinajstić information content (AvgIpc) is 3.15. The monoisotopic (exact) mass is 408 g/mol. The lowest BCUT2D eigenvalue weighted by Gasteiger charge is -2.11. The standard InChI is InChI=1S/C24H27P3/c25-13-16-9-17(14-26)11-23(10-16)19-3-1-18(2-4-19)20-7-8-24-21(12-20)5-6-22(24)15-27/h1-4,7-12,22H,5-6,13-15,25-27H2. The summed E-state index contributed by atoms with van der Waals surface area (Å²) in [4.78, 5) is 0. The summed E-state index contributed by atoms with van der Waals surface area (Å²) in [6.45, 7) is 0. The number of rotatable bonds is 5. The van der Waals surface area contributed by atoms with Crippen LogP contribution in [0.2, 0.25) is 0 Å². The molecule has 0 nitrogen and oxygen atoms in total. The second-order valence-electron chi connectivity index (χ2n) is 7.41. The van der Waals surface area contributed by atoms with Gasteiger partial charge in [-0.2, -0.15) is 0 Å². The van der Waals surface area contributed by atoms with Gasteiger partial charge in [0.25, 0.3) is 0 Å². The summed E-state index contributed by atoms with van der Waals surface area (Å²) in [5.74, 6) is 0.733. The minimum atomic E-state index is 0.733. The van der Waals surface area contributed by atoms with Crippen molar-refractivity contribution in [3.05, 3.63) is 82.9 Å². The van der Waals surface area contributed by atoms with E-state index in [1.54, 1.807) is 11.1 Å². The second kappa shape index (κ2) is 8.53. The molecule has 0 radical (unpaired) electrons. The van der Waals surface area contributed by atoms with E-state index in [9.17, 15) is 0 Å². The molecule has 0 bridgehead atoms. The molecular formula is C24H27P3. The molecular weight excluding hydrogens is 381 g/mol. The van der Waals surface area contributed by atoms with Gasteiger partial charge in [-0.3, -0.25) is 0 Å². The molecule has 0 spiro atoms. The van der Waals surface area contributed by atoms with Crippen molar-refractivity contribution in [1.29, 1.82) is 0 Å². The summed E-state index contributed by atoms with van der Waals surface area (Å²) in [6.07, 6.45) is 5.69. The summed E-state index contributed by atoms with van der Waals surface area (Å²) < 4.78 is 0. The van der Waals surface area contributed by atoms with E-state index in [1.807, 2.05) is 0 Å². The molecule has 3 heteroatoms. The predicted molar refractivity (Wildman–Crippen MR) is 130 cm³/mol. The van der Waals surface area contributed by atoms with Gasteiger partial charge in [-0.1, -0.05) is 60.7 Å². The third-order valence-corrected chi connectivity index (χ3v) is 7.22. The van der Waals surface area contributed by atoms with Crippen molar-refractivity contribution in [1.82, 2.24) is 0 Å². The Kier molecular flexibility index (Phi) is 6.09. The molecule has 0 saturated heterocycles. The fourth-order valence-corrected chi connectivity index (χ4v) is 5.11. The molecule has 4 rings (SSSR count). The maximum atomic E-state index is 2.91. The topological polar surface area (TPSA) is 0 Å². The quantitative estimate of drug-likeness (QED) is 0.413. The van der Waals surface area contributed by atoms with Gasteiger partial charge in [0.1, 0.15) is 0 Å². The van der Waals surface area contributed by atoms with Crippen LogP contribution in [0.15, 0.2) is 60.7 Å². The highest BCUT2D eigenvalue weighted by Gasteiger charge is 2.21. The van der Waals surface area contributed by atoms with Crippen molar-refractivity contribution in [2.75, 3.05) is 6.16 Å². The van der Waals surface area contributed by atoms with Crippen LogP contribution in [0.5, 0.6) is 0 Å². The Morgan fingerprint density at radius 3 is 1.85 bits per heavy atom. The largest absolute Gasteiger partial charge is 0.137 e. The lowest BCUT2D eigenvalue weighted by Crippen LogP contribution is -1.93. The first-order valence-corrected chi connectivity index (χ1v) is 12.1. The zero-order chi connectivity index (χ0) is 18.8. The van der Waals surface area contributed by atoms with Crippen molar-refractivity contribution in [2.45, 2.75) is 31.1 Å². The van der Waals surface area contributed by atoms with Crippen LogP contribution in [0.3, 0.4) is 0 Å². The molecule has 4 unspecified atom stereocenters. The van der Waals surface area contributed by atoms with Gasteiger partial charge in [-0.05, 0) is 81.8 Å². The second-order valence-corrected chi connectivity index (χ2v) is 8.70. The highest BCUT2D eigenvalue weighted by atomic mass is 31.0. The molecule has 0 fully saturated rings. The zero-order valence-corrected chi connectivity index (χ0v) is 19.1. The first-order valence-electron chi connectivity index (χ1n) is 9.68. The van der Waals surface area contributed by atoms with E-state index in [4.69, 9.17) is 0 Å². The number of hydrogen-bond donors (Lipinski definition) is 0. The number of hydrogen-bond acceptors (Lipinski definition) is 0.